The summed E-state index contributed by atoms with van der Waals surface area (Å²) in [4.78, 5) is 72.8. The highest BCUT2D eigenvalue weighted by atomic mass is 31.2. The van der Waals surface area contributed by atoms with Crippen molar-refractivity contribution in [3.05, 3.63) is 109 Å². The number of phosphoric acid groups is 2. The van der Waals surface area contributed by atoms with Gasteiger partial charge in [0, 0.05) is 19.3 Å². The van der Waals surface area contributed by atoms with Gasteiger partial charge in [-0.05, 0) is 109 Å². The predicted octanol–water partition coefficient (Wildman–Crippen LogP) is 21.8. The molecule has 0 aromatic carbocycles. The molecule has 0 radical (unpaired) electrons. The minimum absolute atomic E-state index is 0.0651. The summed E-state index contributed by atoms with van der Waals surface area (Å²) >= 11 is 0. The zero-order chi connectivity index (χ0) is 71.8. The van der Waals surface area contributed by atoms with Crippen molar-refractivity contribution < 1.29 is 80.2 Å². The van der Waals surface area contributed by atoms with Gasteiger partial charge in [0.15, 0.2) is 12.2 Å². The van der Waals surface area contributed by atoms with E-state index in [4.69, 9.17) is 37.0 Å². The van der Waals surface area contributed by atoms with Crippen LogP contribution in [0.2, 0.25) is 0 Å². The molecule has 0 spiro atoms. The fourth-order valence-corrected chi connectivity index (χ4v) is 11.6. The maximum Gasteiger partial charge on any atom is 0.472 e. The van der Waals surface area contributed by atoms with Gasteiger partial charge in [0.05, 0.1) is 32.8 Å². The van der Waals surface area contributed by atoms with E-state index in [-0.39, 0.29) is 25.7 Å². The molecule has 5 atom stereocenters. The van der Waals surface area contributed by atoms with Crippen molar-refractivity contribution in [3.63, 3.8) is 0 Å². The third kappa shape index (κ3) is 70.2. The van der Waals surface area contributed by atoms with Gasteiger partial charge in [0.2, 0.25) is 0 Å². The molecule has 0 aliphatic heterocycles. The van der Waals surface area contributed by atoms with Crippen LogP contribution in [0, 0.1) is 0 Å². The summed E-state index contributed by atoms with van der Waals surface area (Å²) in [5.41, 5.74) is 0. The average Bonchev–Trinajstić information content (AvgIpc) is 1.04. The summed E-state index contributed by atoms with van der Waals surface area (Å²) in [6.07, 6.45) is 75.4. The Morgan fingerprint density at radius 1 is 0.306 bits per heavy atom. The molecule has 98 heavy (non-hydrogen) atoms. The Balaban J connectivity index is 5.42. The first-order valence-electron chi connectivity index (χ1n) is 38.1. The molecule has 0 aliphatic carbocycles. The van der Waals surface area contributed by atoms with Crippen LogP contribution in [0.4, 0.5) is 0 Å². The van der Waals surface area contributed by atoms with E-state index in [0.717, 1.165) is 141 Å². The number of aliphatic hydroxyl groups excluding tert-OH is 1. The molecule has 0 saturated heterocycles. The van der Waals surface area contributed by atoms with Crippen LogP contribution >= 0.6 is 15.6 Å². The summed E-state index contributed by atoms with van der Waals surface area (Å²) in [5, 5.41) is 10.6. The Labute approximate surface area is 594 Å². The highest BCUT2D eigenvalue weighted by Gasteiger charge is 2.30. The molecule has 0 fully saturated rings. The van der Waals surface area contributed by atoms with Gasteiger partial charge in [-0.1, -0.05) is 285 Å². The second-order valence-electron chi connectivity index (χ2n) is 25.2. The first-order chi connectivity index (χ1) is 47.7. The lowest BCUT2D eigenvalue weighted by Gasteiger charge is -2.21. The van der Waals surface area contributed by atoms with Crippen molar-refractivity contribution in [2.24, 2.45) is 0 Å². The van der Waals surface area contributed by atoms with Crippen LogP contribution in [0.5, 0.6) is 0 Å². The number of carbonyl (C=O) groups is 4. The standard InChI is InChI=1S/C79H136O17P2/c1-5-9-13-17-21-25-29-33-36-40-43-47-51-55-59-63-76(81)89-69-74(95-78(83)65-61-57-53-49-45-39-32-28-24-20-16-12-8-4)71-93-97(85,86)91-67-73(80)68-92-98(87,88)94-72-75(96-79(84)66-62-58-54-50-46-42-38-35-31-27-23-19-15-11-7-3)70-90-77(82)64-60-56-52-48-44-41-37-34-30-26-22-18-14-10-6-2/h9-10,13-14,21-22,25-26,33-38,44,48,56,60,73-75,80H,5-8,11-12,15-20,23-24,27-32,39-43,45-47,49-55,57-59,61-72H2,1-4H3,(H,85,86)(H,87,88)/b13-9-,14-10-,25-21-,26-22-,36-33-,37-34-,38-35-,48-44-,60-56-. The van der Waals surface area contributed by atoms with Gasteiger partial charge >= 0.3 is 39.5 Å². The Morgan fingerprint density at radius 3 is 0.918 bits per heavy atom. The lowest BCUT2D eigenvalue weighted by molar-refractivity contribution is -0.161. The van der Waals surface area contributed by atoms with Gasteiger partial charge < -0.3 is 33.8 Å². The van der Waals surface area contributed by atoms with Crippen LogP contribution in [-0.2, 0) is 65.4 Å². The van der Waals surface area contributed by atoms with Crippen molar-refractivity contribution in [1.82, 2.24) is 0 Å². The molecule has 0 saturated carbocycles. The van der Waals surface area contributed by atoms with E-state index >= 15 is 0 Å². The maximum absolute atomic E-state index is 13.1. The molecular formula is C79H136O17P2. The highest BCUT2D eigenvalue weighted by molar-refractivity contribution is 7.47. The number of carbonyl (C=O) groups excluding carboxylic acids is 4. The molecule has 0 heterocycles. The molecule has 17 nitrogen and oxygen atoms in total. The van der Waals surface area contributed by atoms with Crippen LogP contribution in [0.1, 0.15) is 310 Å². The van der Waals surface area contributed by atoms with Crippen molar-refractivity contribution in [2.45, 2.75) is 329 Å². The normalized spacial score (nSPS) is 14.6. The minimum Gasteiger partial charge on any atom is -0.462 e. The lowest BCUT2D eigenvalue weighted by atomic mass is 10.0. The van der Waals surface area contributed by atoms with Gasteiger partial charge in [0.25, 0.3) is 0 Å². The van der Waals surface area contributed by atoms with E-state index in [1.54, 1.807) is 6.08 Å². The molecule has 0 aromatic heterocycles. The summed E-state index contributed by atoms with van der Waals surface area (Å²) in [7, 11) is -9.98. The van der Waals surface area contributed by atoms with Crippen LogP contribution < -0.4 is 0 Å². The molecule has 0 rings (SSSR count). The van der Waals surface area contributed by atoms with Gasteiger partial charge in [-0.15, -0.1) is 0 Å². The second kappa shape index (κ2) is 71.1. The highest BCUT2D eigenvalue weighted by Crippen LogP contribution is 2.45. The van der Waals surface area contributed by atoms with Gasteiger partial charge in [-0.25, -0.2) is 9.13 Å². The lowest BCUT2D eigenvalue weighted by Crippen LogP contribution is -2.30. The second-order valence-corrected chi connectivity index (χ2v) is 28.1. The number of hydrogen-bond acceptors (Lipinski definition) is 15. The monoisotopic (exact) mass is 1420 g/mol. The van der Waals surface area contributed by atoms with Gasteiger partial charge in [-0.3, -0.25) is 37.3 Å². The van der Waals surface area contributed by atoms with E-state index in [9.17, 15) is 43.2 Å². The van der Waals surface area contributed by atoms with Gasteiger partial charge in [0.1, 0.15) is 19.3 Å². The van der Waals surface area contributed by atoms with E-state index in [0.29, 0.717) is 25.7 Å². The van der Waals surface area contributed by atoms with Crippen LogP contribution in [-0.4, -0.2) is 96.7 Å². The van der Waals surface area contributed by atoms with Crippen LogP contribution in [0.25, 0.3) is 0 Å². The summed E-state index contributed by atoms with van der Waals surface area (Å²) in [6, 6.07) is 0. The summed E-state index contributed by atoms with van der Waals surface area (Å²) in [5.74, 6) is -2.34. The SMILES string of the molecule is CC/C=C\C/C=C\C/C=C\C/C=C\C/C=C\CC(=O)OCC(COP(=O)(O)OCC(O)COP(=O)(O)OCC(COC(=O)CCCCCCC/C=C\C/C=C\C/C=C\CC)OC(=O)CCCCCCCCCCCCCCC)OC(=O)CCCCCCC/C=C\CCCCCCCC. The number of rotatable bonds is 71. The van der Waals surface area contributed by atoms with Crippen LogP contribution in [0.3, 0.4) is 0 Å². The van der Waals surface area contributed by atoms with Crippen LogP contribution in [0.15, 0.2) is 109 Å². The quantitative estimate of drug-likeness (QED) is 0.0169. The predicted molar refractivity (Wildman–Crippen MR) is 399 cm³/mol. The molecule has 0 amide bonds. The minimum atomic E-state index is -4.99. The summed E-state index contributed by atoms with van der Waals surface area (Å²) < 4.78 is 68.3. The molecule has 19 heteroatoms. The van der Waals surface area contributed by atoms with Crippen molar-refractivity contribution in [1.29, 1.82) is 0 Å². The van der Waals surface area contributed by atoms with E-state index in [2.05, 4.69) is 113 Å². The average molecular weight is 1420 g/mol. The molecule has 0 bridgehead atoms. The summed E-state index contributed by atoms with van der Waals surface area (Å²) in [6.45, 7) is 4.52. The van der Waals surface area contributed by atoms with E-state index in [1.807, 2.05) is 18.2 Å². The largest absolute Gasteiger partial charge is 0.472 e. The van der Waals surface area contributed by atoms with Crippen molar-refractivity contribution in [2.75, 3.05) is 39.6 Å². The number of ether oxygens (including phenoxy) is 4. The van der Waals surface area contributed by atoms with E-state index in [1.165, 1.54) is 89.9 Å². The Hall–Kier alpha value is -4.28. The Kier molecular flexibility index (Phi) is 68.0. The number of phosphoric ester groups is 2. The number of aliphatic hydroxyl groups is 1. The molecule has 5 unspecified atom stereocenters. The van der Waals surface area contributed by atoms with E-state index < -0.39 is 97.5 Å². The third-order valence-electron chi connectivity index (χ3n) is 15.8. The third-order valence-corrected chi connectivity index (χ3v) is 17.7. The molecule has 0 aromatic rings. The number of unbranched alkanes of at least 4 members (excludes halogenated alkanes) is 28. The first kappa shape index (κ1) is 93.7. The maximum atomic E-state index is 13.1. The number of esters is 4. The van der Waals surface area contributed by atoms with Gasteiger partial charge in [-0.2, -0.15) is 0 Å². The zero-order valence-corrected chi connectivity index (χ0v) is 63.2. The molecular weight excluding hydrogens is 1280 g/mol. The number of hydrogen-bond donors (Lipinski definition) is 3. The molecule has 564 valence electrons. The fraction of sp³-hybridized carbons (Fsp3) is 0.722. The molecule has 3 N–H and O–H groups in total. The molecule has 0 aliphatic rings. The Morgan fingerprint density at radius 2 is 0.571 bits per heavy atom. The smallest absolute Gasteiger partial charge is 0.462 e. The topological polar surface area (TPSA) is 237 Å². The van der Waals surface area contributed by atoms with Crippen molar-refractivity contribution in [3.8, 4) is 0 Å². The Bertz CT molecular complexity index is 2290. The zero-order valence-electron chi connectivity index (χ0n) is 61.4. The van der Waals surface area contributed by atoms with Crippen molar-refractivity contribution >= 4 is 39.5 Å². The fourth-order valence-electron chi connectivity index (χ4n) is 10.0. The number of allylic oxidation sites excluding steroid dienone is 17. The first-order valence-corrected chi connectivity index (χ1v) is 41.1.